The molecule has 0 aromatic heterocycles. The van der Waals surface area contributed by atoms with Gasteiger partial charge >= 0.3 is 0 Å². The van der Waals surface area contributed by atoms with Crippen molar-refractivity contribution in [1.82, 2.24) is 0 Å². The third-order valence-electron chi connectivity index (χ3n) is 4.88. The fraction of sp³-hybridized carbons (Fsp3) is 0.667. The fourth-order valence-corrected chi connectivity index (χ4v) is 3.60. The zero-order valence-electron chi connectivity index (χ0n) is 13.1. The van der Waals surface area contributed by atoms with E-state index in [-0.39, 0.29) is 0 Å². The number of hydrogen-bond donors (Lipinski definition) is 1. The van der Waals surface area contributed by atoms with Crippen LogP contribution in [0.4, 0.5) is 11.4 Å². The number of benzene rings is 1. The van der Waals surface area contributed by atoms with Gasteiger partial charge in [0.15, 0.2) is 0 Å². The molecule has 2 aliphatic heterocycles. The number of rotatable bonds is 2. The first kappa shape index (κ1) is 14.6. The summed E-state index contributed by atoms with van der Waals surface area (Å²) in [6.07, 6.45) is 10.4. The van der Waals surface area contributed by atoms with Gasteiger partial charge in [-0.05, 0) is 43.9 Å². The highest BCUT2D eigenvalue weighted by Crippen LogP contribution is 2.34. The number of phenols is 1. The third-order valence-corrected chi connectivity index (χ3v) is 4.88. The maximum atomic E-state index is 10.3. The van der Waals surface area contributed by atoms with Crippen LogP contribution in [-0.4, -0.2) is 31.3 Å². The minimum absolute atomic E-state index is 0.440. The van der Waals surface area contributed by atoms with Gasteiger partial charge in [-0.25, -0.2) is 0 Å². The number of anilines is 2. The van der Waals surface area contributed by atoms with E-state index in [9.17, 15) is 5.11 Å². The molecule has 0 aliphatic carbocycles. The minimum atomic E-state index is 0.440. The summed E-state index contributed by atoms with van der Waals surface area (Å²) in [4.78, 5) is 4.87. The second kappa shape index (κ2) is 7.06. The first-order valence-electron chi connectivity index (χ1n) is 8.67. The molecule has 1 aromatic carbocycles. The molecule has 2 saturated heterocycles. The van der Waals surface area contributed by atoms with Gasteiger partial charge in [0.05, 0.1) is 5.69 Å². The molecule has 0 bridgehead atoms. The topological polar surface area (TPSA) is 26.7 Å². The largest absolute Gasteiger partial charge is 0.506 e. The Morgan fingerprint density at radius 3 is 1.76 bits per heavy atom. The van der Waals surface area contributed by atoms with Crippen LogP contribution in [0, 0.1) is 0 Å². The van der Waals surface area contributed by atoms with Crippen molar-refractivity contribution in [2.75, 3.05) is 36.0 Å². The molecule has 3 nitrogen and oxygen atoms in total. The Morgan fingerprint density at radius 1 is 0.667 bits per heavy atom. The number of phenolic OH excluding ortho intramolecular Hbond substituents is 1. The molecule has 0 radical (unpaired) electrons. The summed E-state index contributed by atoms with van der Waals surface area (Å²) in [5, 5.41) is 10.3. The van der Waals surface area contributed by atoms with Crippen LogP contribution in [0.25, 0.3) is 0 Å². The standard InChI is InChI=1S/C18H28N2O/c21-18-10-9-16(19-11-5-1-2-6-12-19)15-17(18)20-13-7-3-4-8-14-20/h9-10,15,21H,1-8,11-14H2. The molecular formula is C18H28N2O. The first-order valence-corrected chi connectivity index (χ1v) is 8.67. The van der Waals surface area contributed by atoms with Crippen molar-refractivity contribution < 1.29 is 5.11 Å². The first-order chi connectivity index (χ1) is 10.3. The lowest BCUT2D eigenvalue weighted by Crippen LogP contribution is -2.26. The highest BCUT2D eigenvalue weighted by molar-refractivity contribution is 5.66. The van der Waals surface area contributed by atoms with Crippen molar-refractivity contribution >= 4 is 11.4 Å². The average Bonchev–Trinajstić information content (AvgIpc) is 2.92. The van der Waals surface area contributed by atoms with E-state index in [0.29, 0.717) is 5.75 Å². The summed E-state index contributed by atoms with van der Waals surface area (Å²) in [5.41, 5.74) is 2.33. The number of nitrogens with zero attached hydrogens (tertiary/aromatic N) is 2. The number of aromatic hydroxyl groups is 1. The Labute approximate surface area is 128 Å². The zero-order valence-corrected chi connectivity index (χ0v) is 13.1. The Hall–Kier alpha value is -1.38. The van der Waals surface area contributed by atoms with E-state index in [4.69, 9.17) is 0 Å². The molecule has 2 heterocycles. The maximum Gasteiger partial charge on any atom is 0.139 e. The summed E-state index contributed by atoms with van der Waals surface area (Å²) < 4.78 is 0. The van der Waals surface area contributed by atoms with Crippen LogP contribution in [0.3, 0.4) is 0 Å². The lowest BCUT2D eigenvalue weighted by Gasteiger charge is -2.27. The minimum Gasteiger partial charge on any atom is -0.506 e. The average molecular weight is 288 g/mol. The molecule has 21 heavy (non-hydrogen) atoms. The smallest absolute Gasteiger partial charge is 0.139 e. The van der Waals surface area contributed by atoms with Crippen LogP contribution in [-0.2, 0) is 0 Å². The molecule has 3 rings (SSSR count). The third kappa shape index (κ3) is 3.63. The quantitative estimate of drug-likeness (QED) is 0.885. The van der Waals surface area contributed by atoms with Gasteiger partial charge < -0.3 is 14.9 Å². The van der Waals surface area contributed by atoms with Crippen LogP contribution in [0.5, 0.6) is 5.75 Å². The van der Waals surface area contributed by atoms with E-state index < -0.39 is 0 Å². The van der Waals surface area contributed by atoms with E-state index in [1.54, 1.807) is 0 Å². The van der Waals surface area contributed by atoms with Gasteiger partial charge in [-0.2, -0.15) is 0 Å². The van der Waals surface area contributed by atoms with Crippen LogP contribution in [0.15, 0.2) is 18.2 Å². The van der Waals surface area contributed by atoms with Crippen LogP contribution < -0.4 is 9.80 Å². The second-order valence-corrected chi connectivity index (χ2v) is 6.48. The van der Waals surface area contributed by atoms with Gasteiger partial charge in [0.1, 0.15) is 5.75 Å². The molecular weight excluding hydrogens is 260 g/mol. The molecule has 0 atom stereocenters. The Balaban J connectivity index is 1.81. The lowest BCUT2D eigenvalue weighted by molar-refractivity contribution is 0.473. The molecule has 116 valence electrons. The summed E-state index contributed by atoms with van der Waals surface area (Å²) in [6, 6.07) is 6.19. The van der Waals surface area contributed by atoms with E-state index in [1.807, 2.05) is 6.07 Å². The fourth-order valence-electron chi connectivity index (χ4n) is 3.60. The van der Waals surface area contributed by atoms with Crippen LogP contribution in [0.2, 0.25) is 0 Å². The van der Waals surface area contributed by atoms with E-state index in [0.717, 1.165) is 31.9 Å². The molecule has 3 heteroatoms. The lowest BCUT2D eigenvalue weighted by atomic mass is 10.2. The number of hydrogen-bond acceptors (Lipinski definition) is 3. The molecule has 0 saturated carbocycles. The van der Waals surface area contributed by atoms with Crippen molar-refractivity contribution in [2.45, 2.75) is 51.4 Å². The zero-order chi connectivity index (χ0) is 14.5. The molecule has 0 spiro atoms. The van der Waals surface area contributed by atoms with Crippen molar-refractivity contribution in [3.63, 3.8) is 0 Å². The predicted molar refractivity (Wildman–Crippen MR) is 89.5 cm³/mol. The highest BCUT2D eigenvalue weighted by Gasteiger charge is 2.16. The molecule has 1 aromatic rings. The summed E-state index contributed by atoms with van der Waals surface area (Å²) >= 11 is 0. The molecule has 0 unspecified atom stereocenters. The van der Waals surface area contributed by atoms with Crippen LogP contribution in [0.1, 0.15) is 51.4 Å². The van der Waals surface area contributed by atoms with Crippen molar-refractivity contribution in [3.8, 4) is 5.75 Å². The summed E-state index contributed by atoms with van der Waals surface area (Å²) in [6.45, 7) is 4.47. The molecule has 0 amide bonds. The van der Waals surface area contributed by atoms with E-state index in [2.05, 4.69) is 21.9 Å². The normalized spacial score (nSPS) is 21.0. The Kier molecular flexibility index (Phi) is 4.89. The highest BCUT2D eigenvalue weighted by atomic mass is 16.3. The summed E-state index contributed by atoms with van der Waals surface area (Å²) in [7, 11) is 0. The van der Waals surface area contributed by atoms with Crippen molar-refractivity contribution in [2.24, 2.45) is 0 Å². The van der Waals surface area contributed by atoms with Crippen molar-refractivity contribution in [3.05, 3.63) is 18.2 Å². The van der Waals surface area contributed by atoms with Crippen molar-refractivity contribution in [1.29, 1.82) is 0 Å². The Bertz CT molecular complexity index is 445. The molecule has 2 aliphatic rings. The summed E-state index contributed by atoms with van der Waals surface area (Å²) in [5.74, 6) is 0.440. The predicted octanol–water partition coefficient (Wildman–Crippen LogP) is 4.15. The van der Waals surface area contributed by atoms with Gasteiger partial charge in [0, 0.05) is 31.9 Å². The maximum absolute atomic E-state index is 10.3. The van der Waals surface area contributed by atoms with Gasteiger partial charge in [0.2, 0.25) is 0 Å². The van der Waals surface area contributed by atoms with Gasteiger partial charge in [-0.15, -0.1) is 0 Å². The van der Waals surface area contributed by atoms with E-state index in [1.165, 1.54) is 57.1 Å². The van der Waals surface area contributed by atoms with Crippen LogP contribution >= 0.6 is 0 Å². The van der Waals surface area contributed by atoms with E-state index >= 15 is 0 Å². The van der Waals surface area contributed by atoms with Gasteiger partial charge in [-0.1, -0.05) is 25.7 Å². The molecule has 2 fully saturated rings. The Morgan fingerprint density at radius 2 is 1.19 bits per heavy atom. The monoisotopic (exact) mass is 288 g/mol. The van der Waals surface area contributed by atoms with Gasteiger partial charge in [-0.3, -0.25) is 0 Å². The SMILES string of the molecule is Oc1ccc(N2CCCCCC2)cc1N1CCCCCC1. The van der Waals surface area contributed by atoms with Gasteiger partial charge in [0.25, 0.3) is 0 Å². The second-order valence-electron chi connectivity index (χ2n) is 6.48. The molecule has 1 N–H and O–H groups in total.